The number of ether oxygens (including phenoxy) is 1. The molecule has 0 fully saturated rings. The van der Waals surface area contributed by atoms with Crippen molar-refractivity contribution in [3.63, 3.8) is 0 Å². The molecule has 0 amide bonds. The molecule has 0 atom stereocenters. The van der Waals surface area contributed by atoms with Gasteiger partial charge in [-0.05, 0) is 48.2 Å². The molecule has 1 heterocycles. The number of carbonyl (C=O) groups excluding carboxylic acids is 1. The number of hydrogen-bond acceptors (Lipinski definition) is 3. The maximum atomic E-state index is 12.3. The van der Waals surface area contributed by atoms with Gasteiger partial charge in [-0.2, -0.15) is 0 Å². The van der Waals surface area contributed by atoms with Gasteiger partial charge < -0.3 is 10.1 Å². The second-order valence-corrected chi connectivity index (χ2v) is 5.98. The van der Waals surface area contributed by atoms with Crippen LogP contribution < -0.4 is 5.32 Å². The van der Waals surface area contributed by atoms with Crippen LogP contribution in [0.25, 0.3) is 0 Å². The fraction of sp³-hybridized carbons (Fsp3) is 0.235. The Hall–Kier alpha value is -1.81. The maximum Gasteiger partial charge on any atom is 0.338 e. The molecule has 1 N–H and O–H groups in total. The molecule has 108 valence electrons. The Morgan fingerprint density at radius 2 is 2.10 bits per heavy atom. The molecule has 1 aliphatic heterocycles. The standard InChI is InChI=1S/C17H16BrNO2/c18-13-5-1-4-12(10-13)11-21-17(20)15-6-2-8-16-14(15)7-3-9-19-16/h1-2,4-6,8,10,19H,3,7,9,11H2. The summed E-state index contributed by atoms with van der Waals surface area (Å²) in [4.78, 5) is 12.3. The van der Waals surface area contributed by atoms with Gasteiger partial charge in [0.15, 0.2) is 0 Å². The summed E-state index contributed by atoms with van der Waals surface area (Å²) < 4.78 is 6.43. The average molecular weight is 346 g/mol. The molecule has 2 aromatic rings. The van der Waals surface area contributed by atoms with Crippen LogP contribution in [0.2, 0.25) is 0 Å². The van der Waals surface area contributed by atoms with Crippen molar-refractivity contribution in [2.24, 2.45) is 0 Å². The molecule has 3 rings (SSSR count). The molecule has 0 saturated heterocycles. The fourth-order valence-electron chi connectivity index (χ4n) is 2.55. The normalized spacial score (nSPS) is 13.2. The maximum absolute atomic E-state index is 12.3. The lowest BCUT2D eigenvalue weighted by molar-refractivity contribution is 0.0471. The van der Waals surface area contributed by atoms with E-state index in [1.807, 2.05) is 42.5 Å². The second-order valence-electron chi connectivity index (χ2n) is 5.07. The van der Waals surface area contributed by atoms with E-state index in [4.69, 9.17) is 4.74 Å². The van der Waals surface area contributed by atoms with Gasteiger partial charge >= 0.3 is 5.97 Å². The lowest BCUT2D eigenvalue weighted by Crippen LogP contribution is -2.16. The van der Waals surface area contributed by atoms with Crippen LogP contribution in [0.4, 0.5) is 5.69 Å². The number of benzene rings is 2. The summed E-state index contributed by atoms with van der Waals surface area (Å²) in [6, 6.07) is 13.5. The number of rotatable bonds is 3. The van der Waals surface area contributed by atoms with Gasteiger partial charge in [0, 0.05) is 16.7 Å². The summed E-state index contributed by atoms with van der Waals surface area (Å²) >= 11 is 3.41. The van der Waals surface area contributed by atoms with Gasteiger partial charge in [-0.15, -0.1) is 0 Å². The minimum Gasteiger partial charge on any atom is -0.457 e. The third-order valence-corrected chi connectivity index (χ3v) is 4.07. The highest BCUT2D eigenvalue weighted by atomic mass is 79.9. The molecule has 0 saturated carbocycles. The van der Waals surface area contributed by atoms with E-state index in [2.05, 4.69) is 21.2 Å². The van der Waals surface area contributed by atoms with Crippen molar-refractivity contribution in [2.75, 3.05) is 11.9 Å². The third-order valence-electron chi connectivity index (χ3n) is 3.57. The Morgan fingerprint density at radius 1 is 1.24 bits per heavy atom. The van der Waals surface area contributed by atoms with Crippen molar-refractivity contribution < 1.29 is 9.53 Å². The van der Waals surface area contributed by atoms with Crippen LogP contribution in [0.5, 0.6) is 0 Å². The number of esters is 1. The van der Waals surface area contributed by atoms with Crippen molar-refractivity contribution in [2.45, 2.75) is 19.4 Å². The topological polar surface area (TPSA) is 38.3 Å². The zero-order chi connectivity index (χ0) is 14.7. The monoisotopic (exact) mass is 345 g/mol. The van der Waals surface area contributed by atoms with Crippen molar-refractivity contribution in [3.8, 4) is 0 Å². The van der Waals surface area contributed by atoms with Crippen molar-refractivity contribution in [1.82, 2.24) is 0 Å². The molecule has 0 aliphatic carbocycles. The Morgan fingerprint density at radius 3 is 2.95 bits per heavy atom. The quantitative estimate of drug-likeness (QED) is 0.848. The summed E-state index contributed by atoms with van der Waals surface area (Å²) in [5, 5.41) is 3.33. The molecular weight excluding hydrogens is 330 g/mol. The summed E-state index contributed by atoms with van der Waals surface area (Å²) in [5.74, 6) is -0.254. The molecule has 0 unspecified atom stereocenters. The third kappa shape index (κ3) is 3.27. The van der Waals surface area contributed by atoms with E-state index in [1.54, 1.807) is 0 Å². The van der Waals surface area contributed by atoms with Crippen LogP contribution in [0.3, 0.4) is 0 Å². The number of fused-ring (bicyclic) bond motifs is 1. The SMILES string of the molecule is O=C(OCc1cccc(Br)c1)c1cccc2c1CCCN2. The first-order chi connectivity index (χ1) is 10.2. The Labute approximate surface area is 132 Å². The van der Waals surface area contributed by atoms with Gasteiger partial charge in [-0.3, -0.25) is 0 Å². The van der Waals surface area contributed by atoms with Crippen LogP contribution in [-0.2, 0) is 17.8 Å². The second kappa shape index (κ2) is 6.31. The van der Waals surface area contributed by atoms with Crippen molar-refractivity contribution >= 4 is 27.6 Å². The smallest absolute Gasteiger partial charge is 0.338 e. The van der Waals surface area contributed by atoms with E-state index >= 15 is 0 Å². The highest BCUT2D eigenvalue weighted by Gasteiger charge is 2.18. The lowest BCUT2D eigenvalue weighted by atomic mass is 9.98. The van der Waals surface area contributed by atoms with E-state index in [0.717, 1.165) is 40.7 Å². The fourth-order valence-corrected chi connectivity index (χ4v) is 3.00. The van der Waals surface area contributed by atoms with Crippen LogP contribution in [0.15, 0.2) is 46.9 Å². The summed E-state index contributed by atoms with van der Waals surface area (Å²) in [6.07, 6.45) is 1.97. The number of anilines is 1. The largest absolute Gasteiger partial charge is 0.457 e. The predicted molar refractivity (Wildman–Crippen MR) is 86.5 cm³/mol. The first-order valence-electron chi connectivity index (χ1n) is 7.01. The van der Waals surface area contributed by atoms with Crippen LogP contribution in [0, 0.1) is 0 Å². The van der Waals surface area contributed by atoms with Crippen LogP contribution in [0.1, 0.15) is 27.9 Å². The molecule has 0 aromatic heterocycles. The van der Waals surface area contributed by atoms with Crippen LogP contribution in [-0.4, -0.2) is 12.5 Å². The molecule has 2 aromatic carbocycles. The van der Waals surface area contributed by atoms with E-state index in [9.17, 15) is 4.79 Å². The molecule has 1 aliphatic rings. The highest BCUT2D eigenvalue weighted by Crippen LogP contribution is 2.26. The molecular formula is C17H16BrNO2. The van der Waals surface area contributed by atoms with E-state index < -0.39 is 0 Å². The zero-order valence-electron chi connectivity index (χ0n) is 11.6. The van der Waals surface area contributed by atoms with Gasteiger partial charge in [0.1, 0.15) is 6.61 Å². The Kier molecular flexibility index (Phi) is 4.25. The minimum absolute atomic E-state index is 0.254. The molecule has 3 nitrogen and oxygen atoms in total. The molecule has 0 bridgehead atoms. The van der Waals surface area contributed by atoms with E-state index in [-0.39, 0.29) is 12.6 Å². The van der Waals surface area contributed by atoms with Gasteiger partial charge in [-0.25, -0.2) is 4.79 Å². The summed E-state index contributed by atoms with van der Waals surface area (Å²) in [7, 11) is 0. The predicted octanol–water partition coefficient (Wildman–Crippen LogP) is 4.16. The average Bonchev–Trinajstić information content (AvgIpc) is 2.52. The summed E-state index contributed by atoms with van der Waals surface area (Å²) in [6.45, 7) is 1.25. The molecule has 0 radical (unpaired) electrons. The van der Waals surface area contributed by atoms with Gasteiger partial charge in [0.05, 0.1) is 5.56 Å². The Bertz CT molecular complexity index is 670. The van der Waals surface area contributed by atoms with Crippen LogP contribution >= 0.6 is 15.9 Å². The van der Waals surface area contributed by atoms with E-state index in [0.29, 0.717) is 5.56 Å². The van der Waals surface area contributed by atoms with Gasteiger partial charge in [0.25, 0.3) is 0 Å². The summed E-state index contributed by atoms with van der Waals surface area (Å²) in [5.41, 5.74) is 3.77. The zero-order valence-corrected chi connectivity index (χ0v) is 13.2. The van der Waals surface area contributed by atoms with Crippen molar-refractivity contribution in [3.05, 3.63) is 63.6 Å². The number of hydrogen-bond donors (Lipinski definition) is 1. The van der Waals surface area contributed by atoms with Gasteiger partial charge in [0.2, 0.25) is 0 Å². The molecule has 4 heteroatoms. The first-order valence-corrected chi connectivity index (χ1v) is 7.80. The van der Waals surface area contributed by atoms with E-state index in [1.165, 1.54) is 0 Å². The Balaban J connectivity index is 1.74. The minimum atomic E-state index is -0.254. The number of halogens is 1. The number of nitrogens with one attached hydrogen (secondary N) is 1. The number of carbonyl (C=O) groups is 1. The first kappa shape index (κ1) is 14.1. The van der Waals surface area contributed by atoms with Crippen molar-refractivity contribution in [1.29, 1.82) is 0 Å². The molecule has 21 heavy (non-hydrogen) atoms. The van der Waals surface area contributed by atoms with Gasteiger partial charge in [-0.1, -0.05) is 34.1 Å². The lowest BCUT2D eigenvalue weighted by Gasteiger charge is -2.20. The molecule has 0 spiro atoms. The highest BCUT2D eigenvalue weighted by molar-refractivity contribution is 9.10.